The van der Waals surface area contributed by atoms with E-state index in [1.807, 2.05) is 50.8 Å². The second-order valence-electron chi connectivity index (χ2n) is 7.97. The molecule has 0 aliphatic rings. The zero-order valence-corrected chi connectivity index (χ0v) is 18.6. The van der Waals surface area contributed by atoms with Gasteiger partial charge in [-0.15, -0.1) is 0 Å². The number of aromatic nitrogens is 2. The molecule has 3 aromatic rings. The topological polar surface area (TPSA) is 50.2 Å². The number of hydrogen-bond acceptors (Lipinski definition) is 3. The Morgan fingerprint density at radius 3 is 2.30 bits per heavy atom. The number of likely N-dealkylation sites (N-methyl/N-ethyl adjacent to an activating group) is 1. The van der Waals surface area contributed by atoms with E-state index in [9.17, 15) is 4.79 Å². The van der Waals surface area contributed by atoms with Crippen LogP contribution in [0, 0.1) is 13.8 Å². The molecule has 5 heteroatoms. The summed E-state index contributed by atoms with van der Waals surface area (Å²) in [4.78, 5) is 15.2. The van der Waals surface area contributed by atoms with Gasteiger partial charge in [-0.3, -0.25) is 9.48 Å². The Bertz CT molecular complexity index is 974. The van der Waals surface area contributed by atoms with Crippen molar-refractivity contribution < 1.29 is 4.79 Å². The fraction of sp³-hybridized carbons (Fsp3) is 0.360. The predicted octanol–water partition coefficient (Wildman–Crippen LogP) is 4.14. The van der Waals surface area contributed by atoms with Crippen molar-refractivity contribution in [3.63, 3.8) is 0 Å². The molecule has 1 N–H and O–H groups in total. The van der Waals surface area contributed by atoms with Gasteiger partial charge in [0.2, 0.25) is 0 Å². The fourth-order valence-electron chi connectivity index (χ4n) is 3.79. The zero-order chi connectivity index (χ0) is 21.7. The van der Waals surface area contributed by atoms with Crippen molar-refractivity contribution in [3.05, 3.63) is 88.2 Å². The minimum absolute atomic E-state index is 0.0682. The Morgan fingerprint density at radius 1 is 1.03 bits per heavy atom. The standard InChI is InChI=1S/C25H32N4O/c1-6-20-12-14-22(15-13-20)23(28(4)5)16-26-25(30)24-18(2)27-29(19(24)3)17-21-10-8-7-9-11-21/h7-15,23H,6,16-17H2,1-5H3,(H,26,30). The molecule has 1 atom stereocenters. The highest BCUT2D eigenvalue weighted by molar-refractivity contribution is 5.96. The van der Waals surface area contributed by atoms with Crippen molar-refractivity contribution in [2.45, 2.75) is 39.8 Å². The lowest BCUT2D eigenvalue weighted by Gasteiger charge is -2.25. The largest absolute Gasteiger partial charge is 0.350 e. The minimum Gasteiger partial charge on any atom is -0.350 e. The van der Waals surface area contributed by atoms with E-state index in [1.54, 1.807) is 0 Å². The molecule has 0 aliphatic carbocycles. The average Bonchev–Trinajstić information content (AvgIpc) is 3.02. The lowest BCUT2D eigenvalue weighted by Crippen LogP contribution is -2.35. The summed E-state index contributed by atoms with van der Waals surface area (Å²) in [6.07, 6.45) is 1.02. The molecule has 0 spiro atoms. The Morgan fingerprint density at radius 2 is 1.70 bits per heavy atom. The number of benzene rings is 2. The Hall–Kier alpha value is -2.92. The van der Waals surface area contributed by atoms with E-state index in [0.29, 0.717) is 18.7 Å². The normalized spacial score (nSPS) is 12.2. The van der Waals surface area contributed by atoms with Gasteiger partial charge < -0.3 is 10.2 Å². The van der Waals surface area contributed by atoms with E-state index in [4.69, 9.17) is 0 Å². The van der Waals surface area contributed by atoms with Crippen LogP contribution in [0.3, 0.4) is 0 Å². The van der Waals surface area contributed by atoms with Gasteiger partial charge >= 0.3 is 0 Å². The second-order valence-corrected chi connectivity index (χ2v) is 7.97. The average molecular weight is 405 g/mol. The van der Waals surface area contributed by atoms with Crippen LogP contribution in [0.25, 0.3) is 0 Å². The number of hydrogen-bond donors (Lipinski definition) is 1. The third-order valence-electron chi connectivity index (χ3n) is 5.64. The summed E-state index contributed by atoms with van der Waals surface area (Å²) < 4.78 is 1.91. The molecule has 1 heterocycles. The van der Waals surface area contributed by atoms with Crippen LogP contribution in [-0.2, 0) is 13.0 Å². The van der Waals surface area contributed by atoms with Crippen molar-refractivity contribution in [1.82, 2.24) is 20.0 Å². The molecule has 2 aromatic carbocycles. The van der Waals surface area contributed by atoms with Gasteiger partial charge in [-0.05, 0) is 51.1 Å². The molecule has 158 valence electrons. The monoisotopic (exact) mass is 404 g/mol. The van der Waals surface area contributed by atoms with Gasteiger partial charge in [-0.1, -0.05) is 61.5 Å². The minimum atomic E-state index is -0.0682. The van der Waals surface area contributed by atoms with Gasteiger partial charge in [0.05, 0.1) is 23.8 Å². The highest BCUT2D eigenvalue weighted by atomic mass is 16.1. The molecule has 3 rings (SSSR count). The second kappa shape index (κ2) is 9.72. The van der Waals surface area contributed by atoms with Crippen LogP contribution in [0.2, 0.25) is 0 Å². The molecule has 0 radical (unpaired) electrons. The summed E-state index contributed by atoms with van der Waals surface area (Å²) in [6.45, 7) is 7.22. The summed E-state index contributed by atoms with van der Waals surface area (Å²) in [5.41, 5.74) is 6.00. The van der Waals surface area contributed by atoms with Crippen LogP contribution < -0.4 is 5.32 Å². The molecule has 5 nitrogen and oxygen atoms in total. The number of amides is 1. The molecule has 0 saturated heterocycles. The number of carbonyl (C=O) groups is 1. The van der Waals surface area contributed by atoms with Gasteiger partial charge in [0.1, 0.15) is 0 Å². The first-order valence-corrected chi connectivity index (χ1v) is 10.5. The highest BCUT2D eigenvalue weighted by Crippen LogP contribution is 2.20. The molecule has 1 aromatic heterocycles. The van der Waals surface area contributed by atoms with E-state index < -0.39 is 0 Å². The van der Waals surface area contributed by atoms with Crippen molar-refractivity contribution in [1.29, 1.82) is 0 Å². The van der Waals surface area contributed by atoms with E-state index in [-0.39, 0.29) is 11.9 Å². The van der Waals surface area contributed by atoms with Crippen molar-refractivity contribution in [3.8, 4) is 0 Å². The quantitative estimate of drug-likeness (QED) is 0.614. The predicted molar refractivity (Wildman–Crippen MR) is 122 cm³/mol. The molecule has 0 bridgehead atoms. The van der Waals surface area contributed by atoms with E-state index in [1.165, 1.54) is 16.7 Å². The van der Waals surface area contributed by atoms with Crippen molar-refractivity contribution in [2.75, 3.05) is 20.6 Å². The summed E-state index contributed by atoms with van der Waals surface area (Å²) in [5.74, 6) is -0.0682. The van der Waals surface area contributed by atoms with Crippen LogP contribution in [-0.4, -0.2) is 41.2 Å². The SMILES string of the molecule is CCc1ccc(C(CNC(=O)c2c(C)nn(Cc3ccccc3)c2C)N(C)C)cc1. The van der Waals surface area contributed by atoms with Crippen LogP contribution in [0.5, 0.6) is 0 Å². The number of nitrogens with zero attached hydrogens (tertiary/aromatic N) is 3. The fourth-order valence-corrected chi connectivity index (χ4v) is 3.79. The first kappa shape index (κ1) is 21.8. The van der Waals surface area contributed by atoms with Gasteiger partial charge in [-0.25, -0.2) is 0 Å². The summed E-state index contributed by atoms with van der Waals surface area (Å²) in [5, 5.41) is 7.74. The highest BCUT2D eigenvalue weighted by Gasteiger charge is 2.21. The molecule has 1 unspecified atom stereocenters. The third-order valence-corrected chi connectivity index (χ3v) is 5.64. The maximum Gasteiger partial charge on any atom is 0.255 e. The Labute approximate surface area is 179 Å². The third kappa shape index (κ3) is 4.97. The molecule has 1 amide bonds. The van der Waals surface area contributed by atoms with Gasteiger partial charge in [0.25, 0.3) is 5.91 Å². The van der Waals surface area contributed by atoms with E-state index in [0.717, 1.165) is 17.8 Å². The van der Waals surface area contributed by atoms with Crippen LogP contribution in [0.4, 0.5) is 0 Å². The smallest absolute Gasteiger partial charge is 0.255 e. The number of nitrogens with one attached hydrogen (secondary N) is 1. The number of rotatable bonds is 8. The molecule has 0 saturated carbocycles. The molecule has 0 aliphatic heterocycles. The van der Waals surface area contributed by atoms with E-state index >= 15 is 0 Å². The van der Waals surface area contributed by atoms with Gasteiger partial charge in [-0.2, -0.15) is 5.10 Å². The zero-order valence-electron chi connectivity index (χ0n) is 18.6. The molecular formula is C25H32N4O. The maximum atomic E-state index is 13.0. The molecule has 30 heavy (non-hydrogen) atoms. The van der Waals surface area contributed by atoms with Crippen LogP contribution >= 0.6 is 0 Å². The van der Waals surface area contributed by atoms with Crippen molar-refractivity contribution in [2.24, 2.45) is 0 Å². The Kier molecular flexibility index (Phi) is 7.06. The van der Waals surface area contributed by atoms with Crippen molar-refractivity contribution >= 4 is 5.91 Å². The lowest BCUT2D eigenvalue weighted by molar-refractivity contribution is 0.0940. The number of carbonyl (C=O) groups excluding carboxylic acids is 1. The van der Waals surface area contributed by atoms with Crippen LogP contribution in [0.15, 0.2) is 54.6 Å². The maximum absolute atomic E-state index is 13.0. The van der Waals surface area contributed by atoms with Crippen LogP contribution in [0.1, 0.15) is 51.4 Å². The first-order chi connectivity index (χ1) is 14.4. The molecule has 0 fully saturated rings. The van der Waals surface area contributed by atoms with Gasteiger partial charge in [0.15, 0.2) is 0 Å². The summed E-state index contributed by atoms with van der Waals surface area (Å²) in [7, 11) is 4.08. The van der Waals surface area contributed by atoms with E-state index in [2.05, 4.69) is 58.6 Å². The number of aryl methyl sites for hydroxylation is 2. The summed E-state index contributed by atoms with van der Waals surface area (Å²) >= 11 is 0. The Balaban J connectivity index is 1.73. The molecular weight excluding hydrogens is 372 g/mol. The first-order valence-electron chi connectivity index (χ1n) is 10.5. The summed E-state index contributed by atoms with van der Waals surface area (Å²) in [6, 6.07) is 18.9. The van der Waals surface area contributed by atoms with Gasteiger partial charge in [0, 0.05) is 12.2 Å². The lowest BCUT2D eigenvalue weighted by atomic mass is 10.0.